The second-order valence-corrected chi connectivity index (χ2v) is 7.51. The Kier molecular flexibility index (Phi) is 6.14. The van der Waals surface area contributed by atoms with E-state index in [1.807, 2.05) is 72.2 Å². The molecular formula is C22H20N4O3S. The molecule has 0 unspecified atom stereocenters. The van der Waals surface area contributed by atoms with Gasteiger partial charge in [0.05, 0.1) is 24.2 Å². The van der Waals surface area contributed by atoms with E-state index in [2.05, 4.69) is 15.5 Å². The van der Waals surface area contributed by atoms with E-state index in [1.54, 1.807) is 12.6 Å². The smallest absolute Gasteiger partial charge is 0.234 e. The monoisotopic (exact) mass is 420 g/mol. The van der Waals surface area contributed by atoms with Crippen LogP contribution in [0.1, 0.15) is 11.3 Å². The predicted molar refractivity (Wildman–Crippen MR) is 115 cm³/mol. The molecule has 0 aliphatic rings. The van der Waals surface area contributed by atoms with Crippen molar-refractivity contribution in [1.29, 1.82) is 0 Å². The maximum atomic E-state index is 12.5. The fourth-order valence-electron chi connectivity index (χ4n) is 2.74. The second kappa shape index (κ2) is 9.32. The normalized spacial score (nSPS) is 10.7. The van der Waals surface area contributed by atoms with Crippen LogP contribution in [0, 0.1) is 6.92 Å². The van der Waals surface area contributed by atoms with Crippen LogP contribution in [0.2, 0.25) is 0 Å². The molecule has 0 saturated heterocycles. The number of ether oxygens (including phenoxy) is 1. The van der Waals surface area contributed by atoms with Gasteiger partial charge in [-0.15, -0.1) is 10.2 Å². The zero-order valence-electron chi connectivity index (χ0n) is 16.3. The van der Waals surface area contributed by atoms with Crippen LogP contribution in [0.3, 0.4) is 0 Å². The molecule has 30 heavy (non-hydrogen) atoms. The number of nitrogens with one attached hydrogen (secondary N) is 1. The zero-order valence-corrected chi connectivity index (χ0v) is 17.1. The first-order chi connectivity index (χ1) is 14.7. The second-order valence-electron chi connectivity index (χ2n) is 6.57. The molecule has 0 spiro atoms. The third-order valence-electron chi connectivity index (χ3n) is 4.23. The van der Waals surface area contributed by atoms with Crippen molar-refractivity contribution in [3.63, 3.8) is 0 Å². The quantitative estimate of drug-likeness (QED) is 0.414. The first kappa shape index (κ1) is 19.8. The van der Waals surface area contributed by atoms with E-state index in [0.717, 1.165) is 11.3 Å². The van der Waals surface area contributed by atoms with Gasteiger partial charge >= 0.3 is 0 Å². The van der Waals surface area contributed by atoms with E-state index in [0.29, 0.717) is 28.9 Å². The van der Waals surface area contributed by atoms with Crippen molar-refractivity contribution in [2.24, 2.45) is 0 Å². The van der Waals surface area contributed by atoms with Crippen molar-refractivity contribution in [2.45, 2.75) is 18.6 Å². The first-order valence-electron chi connectivity index (χ1n) is 9.34. The zero-order chi connectivity index (χ0) is 20.8. The predicted octanol–water partition coefficient (Wildman–Crippen LogP) is 4.75. The lowest BCUT2D eigenvalue weighted by molar-refractivity contribution is -0.113. The average molecular weight is 420 g/mol. The summed E-state index contributed by atoms with van der Waals surface area (Å²) in [5, 5.41) is 11.6. The Morgan fingerprint density at radius 3 is 2.77 bits per heavy atom. The summed E-state index contributed by atoms with van der Waals surface area (Å²) in [6.45, 7) is 2.53. The summed E-state index contributed by atoms with van der Waals surface area (Å²) in [7, 11) is 0. The van der Waals surface area contributed by atoms with E-state index in [9.17, 15) is 4.79 Å². The molecule has 2 heterocycles. The Morgan fingerprint density at radius 2 is 1.97 bits per heavy atom. The maximum absolute atomic E-state index is 12.5. The summed E-state index contributed by atoms with van der Waals surface area (Å²) < 4.78 is 13.1. The van der Waals surface area contributed by atoms with Crippen LogP contribution < -0.4 is 10.1 Å². The van der Waals surface area contributed by atoms with Gasteiger partial charge in [0.15, 0.2) is 10.9 Å². The number of carbonyl (C=O) groups excluding carboxylic acids is 1. The van der Waals surface area contributed by atoms with Gasteiger partial charge in [-0.25, -0.2) is 0 Å². The molecule has 4 aromatic rings. The number of amides is 1. The van der Waals surface area contributed by atoms with Gasteiger partial charge in [-0.2, -0.15) is 0 Å². The van der Waals surface area contributed by atoms with E-state index in [4.69, 9.17) is 9.15 Å². The minimum absolute atomic E-state index is 0.160. The molecule has 0 bridgehead atoms. The van der Waals surface area contributed by atoms with Gasteiger partial charge in [0, 0.05) is 0 Å². The number of benzene rings is 2. The number of aryl methyl sites for hydroxylation is 1. The molecule has 0 radical (unpaired) electrons. The van der Waals surface area contributed by atoms with Crippen molar-refractivity contribution < 1.29 is 13.9 Å². The molecule has 2 aromatic carbocycles. The minimum Gasteiger partial charge on any atom is -0.467 e. The number of anilines is 1. The molecule has 0 fully saturated rings. The van der Waals surface area contributed by atoms with Crippen molar-refractivity contribution >= 4 is 23.4 Å². The first-order valence-corrected chi connectivity index (χ1v) is 10.3. The van der Waals surface area contributed by atoms with Crippen LogP contribution >= 0.6 is 11.8 Å². The highest BCUT2D eigenvalue weighted by Crippen LogP contribution is 2.29. The lowest BCUT2D eigenvalue weighted by atomic mass is 10.2. The minimum atomic E-state index is -0.160. The SMILES string of the molecule is Cc1ccc(Oc2ccccc2NC(=O)CSc2nncn2Cc2ccco2)cc1. The van der Waals surface area contributed by atoms with Gasteiger partial charge in [0.25, 0.3) is 0 Å². The molecule has 0 aliphatic carbocycles. The van der Waals surface area contributed by atoms with E-state index < -0.39 is 0 Å². The summed E-state index contributed by atoms with van der Waals surface area (Å²) in [5.41, 5.74) is 1.77. The Morgan fingerprint density at radius 1 is 1.13 bits per heavy atom. The molecule has 2 aromatic heterocycles. The van der Waals surface area contributed by atoms with Crippen molar-refractivity contribution in [2.75, 3.05) is 11.1 Å². The third kappa shape index (κ3) is 5.09. The Bertz CT molecular complexity index is 1110. The average Bonchev–Trinajstić information content (AvgIpc) is 3.42. The van der Waals surface area contributed by atoms with Crippen molar-refractivity contribution in [3.05, 3.63) is 84.6 Å². The number of carbonyl (C=O) groups is 1. The van der Waals surface area contributed by atoms with Gasteiger partial charge in [-0.3, -0.25) is 4.79 Å². The fraction of sp³-hybridized carbons (Fsp3) is 0.136. The molecule has 0 saturated carbocycles. The van der Waals surface area contributed by atoms with Gasteiger partial charge in [-0.05, 0) is 43.3 Å². The number of aromatic nitrogens is 3. The highest BCUT2D eigenvalue weighted by Gasteiger charge is 2.12. The summed E-state index contributed by atoms with van der Waals surface area (Å²) >= 11 is 1.31. The van der Waals surface area contributed by atoms with Crippen LogP contribution in [-0.4, -0.2) is 26.4 Å². The molecule has 7 nitrogen and oxygen atoms in total. The van der Waals surface area contributed by atoms with E-state index in [1.165, 1.54) is 11.8 Å². The molecule has 0 aliphatic heterocycles. The Labute approximate surface area is 178 Å². The Hall–Kier alpha value is -3.52. The van der Waals surface area contributed by atoms with Gasteiger partial charge in [-0.1, -0.05) is 41.6 Å². The standard InChI is InChI=1S/C22H20N4O3S/c1-16-8-10-17(11-9-16)29-20-7-3-2-6-19(20)24-21(27)14-30-22-25-23-15-26(22)13-18-5-4-12-28-18/h2-12,15H,13-14H2,1H3,(H,24,27). The van der Waals surface area contributed by atoms with E-state index >= 15 is 0 Å². The number of rotatable bonds is 8. The van der Waals surface area contributed by atoms with Crippen LogP contribution in [0.15, 0.2) is 82.8 Å². The lowest BCUT2D eigenvalue weighted by Crippen LogP contribution is -2.15. The van der Waals surface area contributed by atoms with Crippen molar-refractivity contribution in [3.8, 4) is 11.5 Å². The van der Waals surface area contributed by atoms with E-state index in [-0.39, 0.29) is 11.7 Å². The topological polar surface area (TPSA) is 82.2 Å². The van der Waals surface area contributed by atoms with Crippen LogP contribution in [-0.2, 0) is 11.3 Å². The van der Waals surface area contributed by atoms with Crippen LogP contribution in [0.25, 0.3) is 0 Å². The Balaban J connectivity index is 1.37. The molecule has 8 heteroatoms. The molecule has 1 amide bonds. The number of furan rings is 1. The fourth-order valence-corrected chi connectivity index (χ4v) is 3.46. The molecule has 0 atom stereocenters. The largest absolute Gasteiger partial charge is 0.467 e. The lowest BCUT2D eigenvalue weighted by Gasteiger charge is -2.12. The highest BCUT2D eigenvalue weighted by molar-refractivity contribution is 7.99. The van der Waals surface area contributed by atoms with Crippen molar-refractivity contribution in [1.82, 2.24) is 14.8 Å². The summed E-state index contributed by atoms with van der Waals surface area (Å²) in [6.07, 6.45) is 3.24. The highest BCUT2D eigenvalue weighted by atomic mass is 32.2. The third-order valence-corrected chi connectivity index (χ3v) is 5.21. The van der Waals surface area contributed by atoms with Gasteiger partial charge in [0.2, 0.25) is 5.91 Å². The maximum Gasteiger partial charge on any atom is 0.234 e. The number of nitrogens with zero attached hydrogens (tertiary/aromatic N) is 3. The molecule has 1 N–H and O–H groups in total. The van der Waals surface area contributed by atoms with Gasteiger partial charge < -0.3 is 19.0 Å². The molecule has 152 valence electrons. The number of hydrogen-bond acceptors (Lipinski definition) is 6. The molecular weight excluding hydrogens is 400 g/mol. The number of hydrogen-bond donors (Lipinski definition) is 1. The summed E-state index contributed by atoms with van der Waals surface area (Å²) in [5.74, 6) is 2.12. The molecule has 4 rings (SSSR count). The van der Waals surface area contributed by atoms with Crippen LogP contribution in [0.5, 0.6) is 11.5 Å². The van der Waals surface area contributed by atoms with Gasteiger partial charge in [0.1, 0.15) is 17.8 Å². The number of para-hydroxylation sites is 2. The summed E-state index contributed by atoms with van der Waals surface area (Å²) in [6, 6.07) is 18.8. The summed E-state index contributed by atoms with van der Waals surface area (Å²) in [4.78, 5) is 12.5. The van der Waals surface area contributed by atoms with Crippen LogP contribution in [0.4, 0.5) is 5.69 Å². The number of thioether (sulfide) groups is 1.